The van der Waals surface area contributed by atoms with Crippen LogP contribution in [0.15, 0.2) is 170 Å². The summed E-state index contributed by atoms with van der Waals surface area (Å²) in [4.78, 5) is 25.5. The molecular formula is C67H104O5. The Kier molecular flexibility index (Phi) is 56.6. The molecule has 1 atom stereocenters. The number of allylic oxidation sites excluding steroid dienone is 28. The molecule has 0 aliphatic carbocycles. The van der Waals surface area contributed by atoms with E-state index in [1.54, 1.807) is 0 Å². The molecule has 5 nitrogen and oxygen atoms in total. The summed E-state index contributed by atoms with van der Waals surface area (Å²) in [6.07, 6.45) is 90.9. The van der Waals surface area contributed by atoms with E-state index in [0.29, 0.717) is 19.4 Å². The van der Waals surface area contributed by atoms with Gasteiger partial charge >= 0.3 is 11.9 Å². The average Bonchev–Trinajstić information content (AvgIpc) is 3.38. The fourth-order valence-electron chi connectivity index (χ4n) is 7.08. The quantitative estimate of drug-likeness (QED) is 0.0345. The highest BCUT2D eigenvalue weighted by molar-refractivity contribution is 5.70. The first-order valence-corrected chi connectivity index (χ1v) is 28.7. The SMILES string of the molecule is CC/C=C\C/C=C\C/C=C\C/C=C\C/C=C\CCCCCC(=O)OCC(COCCCC/C=C\C/C=C\C/C=C\C/C=C\C/C=C\CC)OC(=O)CCCCCCCC/C=C\C/C=C\C/C=C\C/C=C\CC. The van der Waals surface area contributed by atoms with Crippen molar-refractivity contribution >= 4 is 11.9 Å². The van der Waals surface area contributed by atoms with E-state index in [9.17, 15) is 9.59 Å². The smallest absolute Gasteiger partial charge is 0.306 e. The Balaban J connectivity index is 4.50. The Morgan fingerprint density at radius 3 is 0.944 bits per heavy atom. The summed E-state index contributed by atoms with van der Waals surface area (Å²) in [7, 11) is 0. The maximum absolute atomic E-state index is 12.9. The number of rotatable bonds is 50. The van der Waals surface area contributed by atoms with Crippen LogP contribution in [0.25, 0.3) is 0 Å². The lowest BCUT2D eigenvalue weighted by molar-refractivity contribution is -0.163. The van der Waals surface area contributed by atoms with Gasteiger partial charge < -0.3 is 14.2 Å². The fourth-order valence-corrected chi connectivity index (χ4v) is 7.08. The highest BCUT2D eigenvalue weighted by Gasteiger charge is 2.17. The summed E-state index contributed by atoms with van der Waals surface area (Å²) in [6.45, 7) is 7.31. The van der Waals surface area contributed by atoms with Gasteiger partial charge in [-0.3, -0.25) is 9.59 Å². The molecule has 0 rings (SSSR count). The zero-order valence-corrected chi connectivity index (χ0v) is 46.1. The third-order valence-electron chi connectivity index (χ3n) is 11.2. The van der Waals surface area contributed by atoms with E-state index >= 15 is 0 Å². The number of ether oxygens (including phenoxy) is 3. The average molecular weight is 990 g/mol. The lowest BCUT2D eigenvalue weighted by Gasteiger charge is -2.18. The second-order valence-electron chi connectivity index (χ2n) is 18.0. The van der Waals surface area contributed by atoms with Crippen LogP contribution >= 0.6 is 0 Å². The van der Waals surface area contributed by atoms with Gasteiger partial charge in [0.1, 0.15) is 6.61 Å². The van der Waals surface area contributed by atoms with Crippen LogP contribution in [0, 0.1) is 0 Å². The van der Waals surface area contributed by atoms with Gasteiger partial charge in [0.15, 0.2) is 6.10 Å². The standard InChI is InChI=1S/C67H104O5/c1-4-7-10-13-16-19-22-25-28-31-34-36-39-42-45-48-51-54-57-60-66(68)71-64-65(63-70-62-59-56-53-50-47-44-41-38-33-30-27-24-21-18-15-12-9-6-3)72-67(69)61-58-55-52-49-46-43-40-37-35-32-29-26-23-20-17-14-11-8-5-2/h7-12,16-21,25-30,34-38,41-42,45,47,50,65H,4-6,13-15,22-24,31-33,39-40,43-44,46,48-49,51-64H2,1-3H3/b10-7-,11-8-,12-9-,19-16-,20-17-,21-18-,28-25-,29-26-,30-27-,36-34-,37-35-,41-38-,45-42-,50-47-. The minimum atomic E-state index is -0.596. The van der Waals surface area contributed by atoms with Crippen molar-refractivity contribution in [2.75, 3.05) is 19.8 Å². The first kappa shape index (κ1) is 67.3. The number of carbonyl (C=O) groups is 2. The molecule has 0 radical (unpaired) electrons. The number of hydrogen-bond donors (Lipinski definition) is 0. The van der Waals surface area contributed by atoms with Gasteiger partial charge in [-0.05, 0) is 148 Å². The molecule has 0 fully saturated rings. The number of hydrogen-bond acceptors (Lipinski definition) is 5. The Bertz CT molecular complexity index is 1640. The van der Waals surface area contributed by atoms with E-state index in [4.69, 9.17) is 14.2 Å². The lowest BCUT2D eigenvalue weighted by Crippen LogP contribution is -2.30. The maximum atomic E-state index is 12.9. The van der Waals surface area contributed by atoms with Crippen molar-refractivity contribution in [3.63, 3.8) is 0 Å². The molecule has 72 heavy (non-hydrogen) atoms. The van der Waals surface area contributed by atoms with Crippen LogP contribution in [0.2, 0.25) is 0 Å². The topological polar surface area (TPSA) is 61.8 Å². The summed E-state index contributed by atoms with van der Waals surface area (Å²) in [5.41, 5.74) is 0. The van der Waals surface area contributed by atoms with E-state index in [1.165, 1.54) is 19.3 Å². The predicted octanol–water partition coefficient (Wildman–Crippen LogP) is 20.0. The van der Waals surface area contributed by atoms with Crippen molar-refractivity contribution in [3.05, 3.63) is 170 Å². The molecule has 5 heteroatoms. The van der Waals surface area contributed by atoms with Crippen molar-refractivity contribution in [3.8, 4) is 0 Å². The summed E-state index contributed by atoms with van der Waals surface area (Å²) in [5, 5.41) is 0. The van der Waals surface area contributed by atoms with E-state index in [-0.39, 0.29) is 25.2 Å². The summed E-state index contributed by atoms with van der Waals surface area (Å²) < 4.78 is 17.4. The molecule has 0 amide bonds. The molecule has 0 aliphatic heterocycles. The van der Waals surface area contributed by atoms with Gasteiger partial charge in [-0.15, -0.1) is 0 Å². The van der Waals surface area contributed by atoms with Gasteiger partial charge in [0.2, 0.25) is 0 Å². The summed E-state index contributed by atoms with van der Waals surface area (Å²) in [5.74, 6) is -0.489. The first-order chi connectivity index (χ1) is 35.6. The zero-order chi connectivity index (χ0) is 52.0. The molecule has 0 N–H and O–H groups in total. The third kappa shape index (κ3) is 57.8. The van der Waals surface area contributed by atoms with E-state index in [1.807, 2.05) is 0 Å². The molecule has 0 aromatic heterocycles. The number of unbranched alkanes of at least 4 members (excludes halogenated alkanes) is 11. The van der Waals surface area contributed by atoms with Crippen molar-refractivity contribution in [1.82, 2.24) is 0 Å². The largest absolute Gasteiger partial charge is 0.462 e. The van der Waals surface area contributed by atoms with Crippen molar-refractivity contribution in [2.24, 2.45) is 0 Å². The molecule has 0 aliphatic rings. The van der Waals surface area contributed by atoms with Crippen LogP contribution in [0.3, 0.4) is 0 Å². The van der Waals surface area contributed by atoms with Crippen LogP contribution in [-0.4, -0.2) is 37.9 Å². The fraction of sp³-hybridized carbons (Fsp3) is 0.552. The monoisotopic (exact) mass is 989 g/mol. The Hall–Kier alpha value is -4.74. The van der Waals surface area contributed by atoms with Crippen LogP contribution in [-0.2, 0) is 23.8 Å². The highest BCUT2D eigenvalue weighted by atomic mass is 16.6. The first-order valence-electron chi connectivity index (χ1n) is 28.7. The third-order valence-corrected chi connectivity index (χ3v) is 11.2. The normalized spacial score (nSPS) is 13.5. The molecule has 0 spiro atoms. The zero-order valence-electron chi connectivity index (χ0n) is 46.1. The molecule has 402 valence electrons. The molecule has 0 saturated carbocycles. The molecule has 0 bridgehead atoms. The van der Waals surface area contributed by atoms with Crippen molar-refractivity contribution < 1.29 is 23.8 Å². The molecule has 1 unspecified atom stereocenters. The summed E-state index contributed by atoms with van der Waals surface area (Å²) in [6, 6.07) is 0. The molecule has 0 aromatic carbocycles. The van der Waals surface area contributed by atoms with E-state index in [0.717, 1.165) is 161 Å². The van der Waals surface area contributed by atoms with Crippen LogP contribution in [0.5, 0.6) is 0 Å². The molecule has 0 saturated heterocycles. The minimum Gasteiger partial charge on any atom is -0.462 e. The lowest BCUT2D eigenvalue weighted by atomic mass is 10.1. The van der Waals surface area contributed by atoms with Crippen LogP contribution in [0.1, 0.15) is 213 Å². The van der Waals surface area contributed by atoms with Crippen LogP contribution < -0.4 is 0 Å². The Morgan fingerprint density at radius 2 is 0.583 bits per heavy atom. The Morgan fingerprint density at radius 1 is 0.306 bits per heavy atom. The molecule has 0 aromatic rings. The predicted molar refractivity (Wildman–Crippen MR) is 315 cm³/mol. The van der Waals surface area contributed by atoms with Gasteiger partial charge in [0, 0.05) is 19.4 Å². The highest BCUT2D eigenvalue weighted by Crippen LogP contribution is 2.12. The van der Waals surface area contributed by atoms with Gasteiger partial charge in [0.05, 0.1) is 6.61 Å². The van der Waals surface area contributed by atoms with Gasteiger partial charge in [-0.1, -0.05) is 223 Å². The summed E-state index contributed by atoms with van der Waals surface area (Å²) >= 11 is 0. The van der Waals surface area contributed by atoms with E-state index < -0.39 is 6.10 Å². The van der Waals surface area contributed by atoms with Crippen molar-refractivity contribution in [2.45, 2.75) is 219 Å². The second kappa shape index (κ2) is 60.6. The van der Waals surface area contributed by atoms with Gasteiger partial charge in [-0.25, -0.2) is 0 Å². The number of carbonyl (C=O) groups excluding carboxylic acids is 2. The molecule has 0 heterocycles. The van der Waals surface area contributed by atoms with Crippen molar-refractivity contribution in [1.29, 1.82) is 0 Å². The minimum absolute atomic E-state index is 0.0317. The van der Waals surface area contributed by atoms with Crippen LogP contribution in [0.4, 0.5) is 0 Å². The molecular weight excluding hydrogens is 885 g/mol. The van der Waals surface area contributed by atoms with Gasteiger partial charge in [-0.2, -0.15) is 0 Å². The maximum Gasteiger partial charge on any atom is 0.306 e. The second-order valence-corrected chi connectivity index (χ2v) is 18.0. The van der Waals surface area contributed by atoms with E-state index in [2.05, 4.69) is 191 Å². The number of esters is 2. The van der Waals surface area contributed by atoms with Gasteiger partial charge in [0.25, 0.3) is 0 Å². The Labute approximate surface area is 443 Å².